The van der Waals surface area contributed by atoms with Crippen molar-refractivity contribution in [3.05, 3.63) is 0 Å². The molecule has 3 saturated carbocycles. The molecule has 0 spiro atoms. The maximum Gasteiger partial charge on any atom is 0.222 e. The Morgan fingerprint density at radius 3 is 2.42 bits per heavy atom. The molecule has 0 heterocycles. The van der Waals surface area contributed by atoms with Crippen LogP contribution in [0.5, 0.6) is 0 Å². The third-order valence-electron chi connectivity index (χ3n) is 6.44. The number of carbonyl (C=O) groups is 1. The van der Waals surface area contributed by atoms with Gasteiger partial charge in [-0.1, -0.05) is 20.8 Å². The first-order chi connectivity index (χ1) is 8.75. The summed E-state index contributed by atoms with van der Waals surface area (Å²) in [6.45, 7) is 7.01. The van der Waals surface area contributed by atoms with Gasteiger partial charge < -0.3 is 11.1 Å². The molecule has 3 N–H and O–H groups in total. The molecule has 0 aromatic rings. The maximum absolute atomic E-state index is 12.3. The largest absolute Gasteiger partial charge is 0.352 e. The molecular formula is C16H28N2O. The number of hydrogen-bond donors (Lipinski definition) is 2. The van der Waals surface area contributed by atoms with Gasteiger partial charge >= 0.3 is 0 Å². The minimum atomic E-state index is -0.202. The van der Waals surface area contributed by atoms with E-state index in [0.717, 1.165) is 18.8 Å². The number of nitrogens with two attached hydrogens (primary N) is 1. The minimum Gasteiger partial charge on any atom is -0.352 e. The predicted octanol–water partition coefficient (Wildman–Crippen LogP) is 2.59. The van der Waals surface area contributed by atoms with Gasteiger partial charge in [0.2, 0.25) is 5.91 Å². The van der Waals surface area contributed by atoms with Crippen LogP contribution in [0.25, 0.3) is 0 Å². The van der Waals surface area contributed by atoms with E-state index < -0.39 is 0 Å². The number of carbonyl (C=O) groups excluding carboxylic acids is 1. The Kier molecular flexibility index (Phi) is 2.80. The van der Waals surface area contributed by atoms with Crippen LogP contribution >= 0.6 is 0 Å². The van der Waals surface area contributed by atoms with Crippen LogP contribution in [-0.2, 0) is 4.79 Å². The molecule has 3 heteroatoms. The zero-order valence-corrected chi connectivity index (χ0v) is 12.6. The monoisotopic (exact) mass is 264 g/mol. The first kappa shape index (κ1) is 13.4. The van der Waals surface area contributed by atoms with E-state index in [9.17, 15) is 4.79 Å². The third kappa shape index (κ3) is 2.01. The van der Waals surface area contributed by atoms with E-state index >= 15 is 0 Å². The molecule has 0 radical (unpaired) electrons. The minimum absolute atomic E-state index is 0.175. The molecule has 3 unspecified atom stereocenters. The van der Waals surface area contributed by atoms with Crippen LogP contribution in [0.4, 0.5) is 0 Å². The van der Waals surface area contributed by atoms with Gasteiger partial charge in [-0.2, -0.15) is 0 Å². The van der Waals surface area contributed by atoms with E-state index in [4.69, 9.17) is 5.73 Å². The van der Waals surface area contributed by atoms with Crippen molar-refractivity contribution < 1.29 is 4.79 Å². The molecule has 3 aliphatic carbocycles. The topological polar surface area (TPSA) is 55.1 Å². The van der Waals surface area contributed by atoms with Crippen molar-refractivity contribution >= 4 is 5.91 Å². The van der Waals surface area contributed by atoms with Gasteiger partial charge in [0.25, 0.3) is 0 Å². The van der Waals surface area contributed by atoms with E-state index in [1.54, 1.807) is 0 Å². The highest BCUT2D eigenvalue weighted by Crippen LogP contribution is 2.62. The number of rotatable bonds is 3. The molecule has 0 aliphatic heterocycles. The van der Waals surface area contributed by atoms with Crippen LogP contribution in [0.3, 0.4) is 0 Å². The zero-order valence-electron chi connectivity index (χ0n) is 12.6. The highest BCUT2D eigenvalue weighted by Gasteiger charge is 2.59. The summed E-state index contributed by atoms with van der Waals surface area (Å²) in [6, 6.07) is 0.329. The van der Waals surface area contributed by atoms with Gasteiger partial charge in [0, 0.05) is 18.0 Å². The summed E-state index contributed by atoms with van der Waals surface area (Å²) in [5.41, 5.74) is 6.54. The van der Waals surface area contributed by atoms with Crippen molar-refractivity contribution in [1.82, 2.24) is 5.32 Å². The molecule has 0 saturated heterocycles. The van der Waals surface area contributed by atoms with Gasteiger partial charge in [0.1, 0.15) is 0 Å². The SMILES string of the molecule is CC12CCC(C1)C(C)(C)C2NC(=O)CC1(N)CCC1. The molecular weight excluding hydrogens is 236 g/mol. The molecule has 2 bridgehead atoms. The summed E-state index contributed by atoms with van der Waals surface area (Å²) in [4.78, 5) is 12.3. The molecule has 3 atom stereocenters. The van der Waals surface area contributed by atoms with Crippen LogP contribution in [0.1, 0.15) is 65.7 Å². The summed E-state index contributed by atoms with van der Waals surface area (Å²) in [6.07, 6.45) is 7.58. The highest BCUT2D eigenvalue weighted by atomic mass is 16.1. The first-order valence-electron chi connectivity index (χ1n) is 7.84. The van der Waals surface area contributed by atoms with Crippen LogP contribution in [0.15, 0.2) is 0 Å². The van der Waals surface area contributed by atoms with E-state index in [1.165, 1.54) is 25.7 Å². The third-order valence-corrected chi connectivity index (χ3v) is 6.44. The van der Waals surface area contributed by atoms with Crippen molar-refractivity contribution in [2.45, 2.75) is 77.3 Å². The zero-order chi connectivity index (χ0) is 13.9. The van der Waals surface area contributed by atoms with Crippen LogP contribution < -0.4 is 11.1 Å². The van der Waals surface area contributed by atoms with Gasteiger partial charge in [-0.05, 0) is 55.3 Å². The van der Waals surface area contributed by atoms with E-state index in [-0.39, 0.29) is 16.9 Å². The predicted molar refractivity (Wildman–Crippen MR) is 76.5 cm³/mol. The normalized spacial score (nSPS) is 41.9. The summed E-state index contributed by atoms with van der Waals surface area (Å²) >= 11 is 0. The van der Waals surface area contributed by atoms with Crippen molar-refractivity contribution in [1.29, 1.82) is 0 Å². The molecule has 19 heavy (non-hydrogen) atoms. The molecule has 3 fully saturated rings. The lowest BCUT2D eigenvalue weighted by atomic mass is 9.68. The van der Waals surface area contributed by atoms with Crippen molar-refractivity contribution in [3.63, 3.8) is 0 Å². The summed E-state index contributed by atoms with van der Waals surface area (Å²) < 4.78 is 0. The van der Waals surface area contributed by atoms with Gasteiger partial charge in [-0.3, -0.25) is 4.79 Å². The fraction of sp³-hybridized carbons (Fsp3) is 0.938. The van der Waals surface area contributed by atoms with Crippen molar-refractivity contribution in [2.24, 2.45) is 22.5 Å². The van der Waals surface area contributed by atoms with E-state index in [1.807, 2.05) is 0 Å². The molecule has 0 aromatic heterocycles. The maximum atomic E-state index is 12.3. The fourth-order valence-electron chi connectivity index (χ4n) is 5.00. The van der Waals surface area contributed by atoms with Gasteiger partial charge in [0.05, 0.1) is 0 Å². The Hall–Kier alpha value is -0.570. The lowest BCUT2D eigenvalue weighted by molar-refractivity contribution is -0.125. The molecule has 108 valence electrons. The van der Waals surface area contributed by atoms with Gasteiger partial charge in [0.15, 0.2) is 0 Å². The Morgan fingerprint density at radius 2 is 1.95 bits per heavy atom. The molecule has 1 amide bonds. The van der Waals surface area contributed by atoms with E-state index in [2.05, 4.69) is 26.1 Å². The van der Waals surface area contributed by atoms with Crippen LogP contribution in [0, 0.1) is 16.7 Å². The second kappa shape index (κ2) is 3.97. The summed E-state index contributed by atoms with van der Waals surface area (Å²) in [7, 11) is 0. The van der Waals surface area contributed by atoms with Crippen molar-refractivity contribution in [2.75, 3.05) is 0 Å². The second-order valence-corrected chi connectivity index (χ2v) is 8.31. The highest BCUT2D eigenvalue weighted by molar-refractivity contribution is 5.78. The summed E-state index contributed by atoms with van der Waals surface area (Å²) in [5.74, 6) is 0.951. The lowest BCUT2D eigenvalue weighted by Crippen LogP contribution is -2.56. The Bertz CT molecular complexity index is 395. The average molecular weight is 264 g/mol. The first-order valence-corrected chi connectivity index (χ1v) is 7.84. The summed E-state index contributed by atoms with van der Waals surface area (Å²) in [5, 5.41) is 3.35. The number of amides is 1. The molecule has 3 rings (SSSR count). The van der Waals surface area contributed by atoms with Gasteiger partial charge in [-0.25, -0.2) is 0 Å². The fourth-order valence-corrected chi connectivity index (χ4v) is 5.00. The van der Waals surface area contributed by atoms with E-state index in [0.29, 0.717) is 17.9 Å². The molecule has 3 nitrogen and oxygen atoms in total. The van der Waals surface area contributed by atoms with Crippen molar-refractivity contribution in [3.8, 4) is 0 Å². The van der Waals surface area contributed by atoms with Crippen LogP contribution in [0.2, 0.25) is 0 Å². The number of hydrogen-bond acceptors (Lipinski definition) is 2. The quantitative estimate of drug-likeness (QED) is 0.823. The lowest BCUT2D eigenvalue weighted by Gasteiger charge is -2.44. The standard InChI is InChI=1S/C16H28N2O/c1-14(2)11-5-8-15(3,9-11)13(14)18-12(19)10-16(17)6-4-7-16/h11,13H,4-10,17H2,1-3H3,(H,18,19). The second-order valence-electron chi connectivity index (χ2n) is 8.31. The Labute approximate surface area is 116 Å². The molecule has 0 aromatic carbocycles. The molecule has 3 aliphatic rings. The van der Waals surface area contributed by atoms with Gasteiger partial charge in [-0.15, -0.1) is 0 Å². The Morgan fingerprint density at radius 1 is 1.26 bits per heavy atom. The Balaban J connectivity index is 1.67. The number of fused-ring (bicyclic) bond motifs is 2. The smallest absolute Gasteiger partial charge is 0.222 e. The van der Waals surface area contributed by atoms with Crippen LogP contribution in [-0.4, -0.2) is 17.5 Å². The number of nitrogens with one attached hydrogen (secondary N) is 1. The average Bonchev–Trinajstić information content (AvgIpc) is 2.73.